The molecule has 1 saturated heterocycles. The van der Waals surface area contributed by atoms with Crippen LogP contribution in [0.5, 0.6) is 11.5 Å². The number of hydrogen-bond acceptors (Lipinski definition) is 10. The molecule has 1 aliphatic carbocycles. The average Bonchev–Trinajstić information content (AvgIpc) is 4.05. The van der Waals surface area contributed by atoms with Crippen LogP contribution in [0.25, 0.3) is 11.2 Å². The maximum atomic E-state index is 13.1. The summed E-state index contributed by atoms with van der Waals surface area (Å²) in [5, 5.41) is 15.1. The summed E-state index contributed by atoms with van der Waals surface area (Å²) in [4.78, 5) is 26.6. The predicted molar refractivity (Wildman–Crippen MR) is 226 cm³/mol. The molecule has 1 amide bonds. The number of rotatable bonds is 18. The largest absolute Gasteiger partial charge is 0.497 e. The lowest BCUT2D eigenvalue weighted by molar-refractivity contribution is -0.115. The number of methoxy groups -OCH3 is 2. The number of nitrogens with zero attached hydrogens (tertiary/aromatic N) is 4. The summed E-state index contributed by atoms with van der Waals surface area (Å²) in [6, 6.07) is 35.0. The zero-order valence-electron chi connectivity index (χ0n) is 33.6. The van der Waals surface area contributed by atoms with Gasteiger partial charge in [0.25, 0.3) is 0 Å². The van der Waals surface area contributed by atoms with E-state index in [1.807, 2.05) is 122 Å². The number of unbranched alkanes of at least 4 members (excludes halogenated alkanes) is 1. The van der Waals surface area contributed by atoms with E-state index in [0.29, 0.717) is 29.3 Å². The van der Waals surface area contributed by atoms with Crippen molar-refractivity contribution in [3.8, 4) is 11.5 Å². The molecule has 307 valence electrons. The highest BCUT2D eigenvalue weighted by Crippen LogP contribution is 2.43. The number of aromatic nitrogens is 4. The molecule has 60 heavy (non-hydrogen) atoms. The van der Waals surface area contributed by atoms with Gasteiger partial charge in [-0.15, -0.1) is 0 Å². The standard InChI is InChI=1S/C48H48N5O7/c1-56-38-24-20-36(21-25-38)48(35-18-7-4-8-19-35,37-22-26-39(57-2)27-23-37)59-30-40-43(55)44(58-28-12-11-15-33-13-9-10-14-33)47(60-40)53-32-51-42-45(49-31-50-46(42)53)52-41(54)29-34-16-5-3-6-17-34/h3-10,13-14,16-27,31-32,40,43-44,47,55H,11-12,15,28-30H2,1-2H3,(H,49,50,52,54)/t40-,43-,44-,47-/m1/s1. The third kappa shape index (κ3) is 8.92. The molecule has 0 spiro atoms. The Hall–Kier alpha value is -5.66. The van der Waals surface area contributed by atoms with Gasteiger partial charge in [-0.05, 0) is 91.0 Å². The fourth-order valence-electron chi connectivity index (χ4n) is 7.86. The molecule has 4 atom stereocenters. The first-order valence-electron chi connectivity index (χ1n) is 20.1. The summed E-state index contributed by atoms with van der Waals surface area (Å²) in [5.41, 5.74) is 3.10. The summed E-state index contributed by atoms with van der Waals surface area (Å²) >= 11 is 0. The number of anilines is 1. The Bertz CT molecular complexity index is 2230. The van der Waals surface area contributed by atoms with Gasteiger partial charge in [0.2, 0.25) is 5.91 Å². The van der Waals surface area contributed by atoms with Crippen molar-refractivity contribution < 1.29 is 33.6 Å². The molecular weight excluding hydrogens is 759 g/mol. The first kappa shape index (κ1) is 41.1. The highest BCUT2D eigenvalue weighted by Gasteiger charge is 2.48. The maximum absolute atomic E-state index is 13.1. The second-order valence-corrected chi connectivity index (χ2v) is 14.7. The molecule has 6 aromatic rings. The third-order valence-electron chi connectivity index (χ3n) is 11.0. The van der Waals surface area contributed by atoms with Crippen LogP contribution in [0.4, 0.5) is 5.82 Å². The van der Waals surface area contributed by atoms with E-state index in [2.05, 4.69) is 33.1 Å². The van der Waals surface area contributed by atoms with Gasteiger partial charge in [0.1, 0.15) is 41.7 Å². The SMILES string of the molecule is COc1ccc(C(OC[C@H]2O[C@@H](n3cnc4c(NC(=O)Cc5ccccc5)ncnc43)[C@H](OCCCC[C]3[CH][CH][CH][CH]3)[C@@H]2O)(c2ccccc2)c2ccc(OC)cc2)cc1. The van der Waals surface area contributed by atoms with Crippen molar-refractivity contribution in [3.63, 3.8) is 0 Å². The molecular formula is C48H48N5O7. The maximum Gasteiger partial charge on any atom is 0.230 e. The van der Waals surface area contributed by atoms with Crippen molar-refractivity contribution >= 4 is 22.9 Å². The Morgan fingerprint density at radius 1 is 0.800 bits per heavy atom. The Labute approximate surface area is 350 Å². The number of imidazole rings is 1. The van der Waals surface area contributed by atoms with E-state index in [9.17, 15) is 9.90 Å². The molecule has 1 aliphatic heterocycles. The van der Waals surface area contributed by atoms with Crippen molar-refractivity contribution in [2.75, 3.05) is 32.8 Å². The van der Waals surface area contributed by atoms with Crippen LogP contribution in [-0.2, 0) is 31.0 Å². The number of aliphatic hydroxyl groups is 1. The van der Waals surface area contributed by atoms with Crippen LogP contribution in [0.2, 0.25) is 0 Å². The number of hydrogen-bond donors (Lipinski definition) is 2. The molecule has 2 N–H and O–H groups in total. The number of aliphatic hydroxyl groups excluding tert-OH is 1. The first-order chi connectivity index (χ1) is 29.5. The van der Waals surface area contributed by atoms with Crippen LogP contribution >= 0.6 is 0 Å². The van der Waals surface area contributed by atoms with Crippen LogP contribution in [0.15, 0.2) is 122 Å². The van der Waals surface area contributed by atoms with Gasteiger partial charge in [-0.2, -0.15) is 0 Å². The minimum Gasteiger partial charge on any atom is -0.497 e. The van der Waals surface area contributed by atoms with Crippen LogP contribution in [0, 0.1) is 31.6 Å². The number of amides is 1. The lowest BCUT2D eigenvalue weighted by Gasteiger charge is -2.37. The third-order valence-corrected chi connectivity index (χ3v) is 11.0. The summed E-state index contributed by atoms with van der Waals surface area (Å²) in [5.74, 6) is 2.73. The fraction of sp³-hybridized carbons (Fsp3) is 0.271. The zero-order chi connectivity index (χ0) is 41.3. The van der Waals surface area contributed by atoms with Crippen LogP contribution in [-0.4, -0.2) is 76.3 Å². The van der Waals surface area contributed by atoms with Crippen molar-refractivity contribution in [1.29, 1.82) is 0 Å². The predicted octanol–water partition coefficient (Wildman–Crippen LogP) is 7.25. The molecule has 12 heteroatoms. The van der Waals surface area contributed by atoms with Gasteiger partial charge in [0, 0.05) is 6.61 Å². The van der Waals surface area contributed by atoms with E-state index < -0.39 is 30.1 Å². The van der Waals surface area contributed by atoms with Gasteiger partial charge in [-0.25, -0.2) is 15.0 Å². The first-order valence-corrected chi connectivity index (χ1v) is 20.1. The van der Waals surface area contributed by atoms with Crippen molar-refractivity contribution in [3.05, 3.63) is 176 Å². The van der Waals surface area contributed by atoms with Gasteiger partial charge >= 0.3 is 0 Å². The van der Waals surface area contributed by atoms with E-state index >= 15 is 0 Å². The number of carbonyl (C=O) groups excluding carboxylic acids is 1. The lowest BCUT2D eigenvalue weighted by atomic mass is 9.80. The van der Waals surface area contributed by atoms with E-state index in [1.165, 1.54) is 12.2 Å². The summed E-state index contributed by atoms with van der Waals surface area (Å²) < 4.78 is 33.2. The second-order valence-electron chi connectivity index (χ2n) is 14.7. The molecule has 2 aromatic heterocycles. The molecule has 4 aromatic carbocycles. The Balaban J connectivity index is 1.10. The topological polar surface area (TPSA) is 139 Å². The molecule has 12 nitrogen and oxygen atoms in total. The van der Waals surface area contributed by atoms with Gasteiger partial charge in [-0.3, -0.25) is 9.36 Å². The number of carbonyl (C=O) groups is 1. The molecule has 1 saturated carbocycles. The lowest BCUT2D eigenvalue weighted by Crippen LogP contribution is -2.40. The van der Waals surface area contributed by atoms with E-state index in [0.717, 1.165) is 41.5 Å². The zero-order valence-corrected chi connectivity index (χ0v) is 33.6. The van der Waals surface area contributed by atoms with Crippen molar-refractivity contribution in [2.24, 2.45) is 0 Å². The van der Waals surface area contributed by atoms with E-state index in [1.54, 1.807) is 25.1 Å². The normalized spacial score (nSPS) is 19.4. The number of ether oxygens (including phenoxy) is 5. The Morgan fingerprint density at radius 2 is 1.43 bits per heavy atom. The summed E-state index contributed by atoms with van der Waals surface area (Å²) in [6.45, 7) is 0.369. The number of benzene rings is 4. The van der Waals surface area contributed by atoms with Gasteiger partial charge in [0.05, 0.1) is 33.6 Å². The fourth-order valence-corrected chi connectivity index (χ4v) is 7.86. The molecule has 0 unspecified atom stereocenters. The minimum atomic E-state index is -1.14. The summed E-state index contributed by atoms with van der Waals surface area (Å²) in [6.07, 6.45) is 10.5. The van der Waals surface area contributed by atoms with Crippen molar-refractivity contribution in [1.82, 2.24) is 19.5 Å². The molecule has 8 rings (SSSR count). The van der Waals surface area contributed by atoms with E-state index in [-0.39, 0.29) is 24.8 Å². The smallest absolute Gasteiger partial charge is 0.230 e. The molecule has 5 radical (unpaired) electrons. The monoisotopic (exact) mass is 806 g/mol. The molecule has 3 heterocycles. The second kappa shape index (κ2) is 19.2. The van der Waals surface area contributed by atoms with Crippen molar-refractivity contribution in [2.45, 2.75) is 55.8 Å². The highest BCUT2D eigenvalue weighted by molar-refractivity contribution is 5.97. The minimum absolute atomic E-state index is 0.0239. The Morgan fingerprint density at radius 3 is 2.08 bits per heavy atom. The molecule has 2 aliphatic rings. The van der Waals surface area contributed by atoms with Gasteiger partial charge in [-0.1, -0.05) is 91.3 Å². The molecule has 2 fully saturated rings. The van der Waals surface area contributed by atoms with Crippen LogP contribution in [0.1, 0.15) is 47.7 Å². The van der Waals surface area contributed by atoms with Crippen LogP contribution in [0.3, 0.4) is 0 Å². The number of fused-ring (bicyclic) bond motifs is 1. The van der Waals surface area contributed by atoms with Gasteiger partial charge in [0.15, 0.2) is 23.2 Å². The van der Waals surface area contributed by atoms with Gasteiger partial charge < -0.3 is 34.1 Å². The highest BCUT2D eigenvalue weighted by atomic mass is 16.6. The summed E-state index contributed by atoms with van der Waals surface area (Å²) in [7, 11) is 3.27. The Kier molecular flexibility index (Phi) is 13.1. The molecule has 0 bridgehead atoms. The van der Waals surface area contributed by atoms with E-state index in [4.69, 9.17) is 23.7 Å². The quantitative estimate of drug-likeness (QED) is 0.0675. The number of nitrogens with one attached hydrogen (secondary N) is 1. The average molecular weight is 807 g/mol. The van der Waals surface area contributed by atoms with Crippen LogP contribution < -0.4 is 14.8 Å².